The number of halogens is 2. The number of nitrogens with zero attached hydrogens (tertiary/aromatic N) is 1. The Labute approximate surface area is 110 Å². The molecule has 2 nitrogen and oxygen atoms in total. The van der Waals surface area contributed by atoms with Crippen molar-refractivity contribution >= 4 is 21.8 Å². The Balaban J connectivity index is 3.01. The van der Waals surface area contributed by atoms with Crippen LogP contribution in [0.4, 0.5) is 4.39 Å². The van der Waals surface area contributed by atoms with Crippen LogP contribution in [0.25, 0.3) is 0 Å². The molecular formula is C13H17BrFNO. The van der Waals surface area contributed by atoms with E-state index in [-0.39, 0.29) is 17.8 Å². The first-order chi connectivity index (χ1) is 7.97. The van der Waals surface area contributed by atoms with E-state index in [1.54, 1.807) is 17.9 Å². The van der Waals surface area contributed by atoms with Gasteiger partial charge in [0.15, 0.2) is 0 Å². The monoisotopic (exact) mass is 301 g/mol. The number of hydrogen-bond donors (Lipinski definition) is 0. The molecule has 1 amide bonds. The van der Waals surface area contributed by atoms with Crippen molar-refractivity contribution in [3.63, 3.8) is 0 Å². The van der Waals surface area contributed by atoms with Crippen LogP contribution in [-0.4, -0.2) is 28.7 Å². The number of hydrogen-bond acceptors (Lipinski definition) is 1. The van der Waals surface area contributed by atoms with Crippen LogP contribution in [0, 0.1) is 12.7 Å². The molecular weight excluding hydrogens is 285 g/mol. The van der Waals surface area contributed by atoms with Crippen molar-refractivity contribution in [2.24, 2.45) is 0 Å². The van der Waals surface area contributed by atoms with E-state index in [2.05, 4.69) is 15.9 Å². The molecule has 0 bridgehead atoms. The quantitative estimate of drug-likeness (QED) is 0.781. The molecule has 0 fully saturated rings. The lowest BCUT2D eigenvalue weighted by Crippen LogP contribution is -2.38. The fraction of sp³-hybridized carbons (Fsp3) is 0.462. The molecule has 0 saturated carbocycles. The second-order valence-corrected chi connectivity index (χ2v) is 5.03. The van der Waals surface area contributed by atoms with Gasteiger partial charge in [0.25, 0.3) is 5.91 Å². The number of benzene rings is 1. The van der Waals surface area contributed by atoms with Gasteiger partial charge in [-0.1, -0.05) is 15.9 Å². The summed E-state index contributed by atoms with van der Waals surface area (Å²) in [7, 11) is 0. The predicted molar refractivity (Wildman–Crippen MR) is 71.1 cm³/mol. The van der Waals surface area contributed by atoms with Gasteiger partial charge in [-0.3, -0.25) is 4.79 Å². The van der Waals surface area contributed by atoms with Crippen LogP contribution < -0.4 is 0 Å². The first kappa shape index (κ1) is 14.2. The molecule has 0 N–H and O–H groups in total. The lowest BCUT2D eigenvalue weighted by Gasteiger charge is -2.26. The van der Waals surface area contributed by atoms with Crippen LogP contribution in [0.5, 0.6) is 0 Å². The molecule has 0 aliphatic rings. The van der Waals surface area contributed by atoms with Gasteiger partial charge in [0.2, 0.25) is 0 Å². The molecule has 0 spiro atoms. The summed E-state index contributed by atoms with van der Waals surface area (Å²) >= 11 is 3.34. The largest absolute Gasteiger partial charge is 0.335 e. The molecule has 0 unspecified atom stereocenters. The van der Waals surface area contributed by atoms with E-state index in [0.717, 1.165) is 5.33 Å². The summed E-state index contributed by atoms with van der Waals surface area (Å²) in [6.45, 7) is 6.34. The number of alkyl halides is 1. The van der Waals surface area contributed by atoms with E-state index in [0.29, 0.717) is 17.7 Å². The van der Waals surface area contributed by atoms with Crippen LogP contribution in [0.2, 0.25) is 0 Å². The van der Waals surface area contributed by atoms with E-state index in [1.165, 1.54) is 12.1 Å². The van der Waals surface area contributed by atoms with Gasteiger partial charge in [-0.15, -0.1) is 0 Å². The average molecular weight is 302 g/mol. The van der Waals surface area contributed by atoms with Gasteiger partial charge in [-0.25, -0.2) is 4.39 Å². The molecule has 0 aliphatic heterocycles. The van der Waals surface area contributed by atoms with Crippen molar-refractivity contribution in [2.45, 2.75) is 26.8 Å². The highest BCUT2D eigenvalue weighted by atomic mass is 79.9. The molecule has 1 rings (SSSR count). The molecule has 1 aromatic rings. The summed E-state index contributed by atoms with van der Waals surface area (Å²) in [6, 6.07) is 4.40. The van der Waals surface area contributed by atoms with Gasteiger partial charge in [0, 0.05) is 23.5 Å². The fourth-order valence-corrected chi connectivity index (χ4v) is 2.09. The van der Waals surface area contributed by atoms with Crippen LogP contribution in [0.3, 0.4) is 0 Å². The molecule has 0 radical (unpaired) electrons. The molecule has 1 aromatic carbocycles. The van der Waals surface area contributed by atoms with Gasteiger partial charge in [0.1, 0.15) is 5.82 Å². The standard InChI is InChI=1S/C13H17BrFNO/c1-9(2)16(7-6-14)13(17)12-5-4-11(15)8-10(12)3/h4-5,8-9H,6-7H2,1-3H3. The van der Waals surface area contributed by atoms with E-state index in [4.69, 9.17) is 0 Å². The fourth-order valence-electron chi connectivity index (χ4n) is 1.71. The maximum absolute atomic E-state index is 13.0. The third-order valence-corrected chi connectivity index (χ3v) is 2.98. The van der Waals surface area contributed by atoms with E-state index >= 15 is 0 Å². The van der Waals surface area contributed by atoms with E-state index in [9.17, 15) is 9.18 Å². The maximum atomic E-state index is 13.0. The Morgan fingerprint density at radius 3 is 2.59 bits per heavy atom. The minimum atomic E-state index is -0.310. The van der Waals surface area contributed by atoms with Crippen molar-refractivity contribution in [2.75, 3.05) is 11.9 Å². The highest BCUT2D eigenvalue weighted by molar-refractivity contribution is 9.09. The van der Waals surface area contributed by atoms with Crippen molar-refractivity contribution in [3.05, 3.63) is 35.1 Å². The number of aryl methyl sites for hydroxylation is 1. The summed E-state index contributed by atoms with van der Waals surface area (Å²) in [6.07, 6.45) is 0. The Kier molecular flexibility index (Phi) is 5.12. The first-order valence-corrected chi connectivity index (χ1v) is 6.72. The maximum Gasteiger partial charge on any atom is 0.254 e. The zero-order valence-electron chi connectivity index (χ0n) is 10.3. The molecule has 0 atom stereocenters. The van der Waals surface area contributed by atoms with E-state index in [1.807, 2.05) is 13.8 Å². The minimum absolute atomic E-state index is 0.0445. The van der Waals surface area contributed by atoms with Gasteiger partial charge < -0.3 is 4.90 Å². The molecule has 0 aromatic heterocycles. The second kappa shape index (κ2) is 6.15. The molecule has 0 heterocycles. The van der Waals surface area contributed by atoms with Crippen LogP contribution in [0.1, 0.15) is 29.8 Å². The summed E-state index contributed by atoms with van der Waals surface area (Å²) in [5.41, 5.74) is 1.25. The highest BCUT2D eigenvalue weighted by Gasteiger charge is 2.19. The Morgan fingerprint density at radius 1 is 1.47 bits per heavy atom. The van der Waals surface area contributed by atoms with Gasteiger partial charge in [0.05, 0.1) is 0 Å². The number of rotatable bonds is 4. The molecule has 4 heteroatoms. The van der Waals surface area contributed by atoms with E-state index < -0.39 is 0 Å². The van der Waals surface area contributed by atoms with Gasteiger partial charge in [-0.2, -0.15) is 0 Å². The Morgan fingerprint density at radius 2 is 2.12 bits per heavy atom. The number of amides is 1. The van der Waals surface area contributed by atoms with Crippen molar-refractivity contribution in [3.8, 4) is 0 Å². The average Bonchev–Trinajstić information content (AvgIpc) is 2.24. The number of carbonyl (C=O) groups is 1. The Bertz CT molecular complexity index is 406. The summed E-state index contributed by atoms with van der Waals surface area (Å²) in [4.78, 5) is 14.1. The molecule has 0 aliphatic carbocycles. The van der Waals surface area contributed by atoms with Crippen molar-refractivity contribution < 1.29 is 9.18 Å². The predicted octanol–water partition coefficient (Wildman–Crippen LogP) is 3.38. The zero-order valence-corrected chi connectivity index (χ0v) is 11.9. The highest BCUT2D eigenvalue weighted by Crippen LogP contribution is 2.14. The SMILES string of the molecule is Cc1cc(F)ccc1C(=O)N(CCBr)C(C)C. The molecule has 0 saturated heterocycles. The lowest BCUT2D eigenvalue weighted by molar-refractivity contribution is 0.0718. The third-order valence-electron chi connectivity index (χ3n) is 2.63. The summed E-state index contributed by atoms with van der Waals surface area (Å²) in [5, 5.41) is 0.733. The van der Waals surface area contributed by atoms with Gasteiger partial charge in [-0.05, 0) is 44.5 Å². The summed E-state index contributed by atoms with van der Waals surface area (Å²) in [5.74, 6) is -0.354. The van der Waals surface area contributed by atoms with Crippen LogP contribution in [-0.2, 0) is 0 Å². The molecule has 94 valence electrons. The smallest absolute Gasteiger partial charge is 0.254 e. The Hall–Kier alpha value is -0.900. The van der Waals surface area contributed by atoms with Crippen molar-refractivity contribution in [1.29, 1.82) is 0 Å². The second-order valence-electron chi connectivity index (χ2n) is 4.24. The van der Waals surface area contributed by atoms with Crippen LogP contribution in [0.15, 0.2) is 18.2 Å². The normalized spacial score (nSPS) is 10.7. The summed E-state index contributed by atoms with van der Waals surface area (Å²) < 4.78 is 13.0. The van der Waals surface area contributed by atoms with Crippen LogP contribution >= 0.6 is 15.9 Å². The minimum Gasteiger partial charge on any atom is -0.335 e. The first-order valence-electron chi connectivity index (χ1n) is 5.60. The van der Waals surface area contributed by atoms with Crippen molar-refractivity contribution in [1.82, 2.24) is 4.90 Å². The topological polar surface area (TPSA) is 20.3 Å². The zero-order chi connectivity index (χ0) is 13.0. The molecule has 17 heavy (non-hydrogen) atoms. The third kappa shape index (κ3) is 3.53. The number of carbonyl (C=O) groups excluding carboxylic acids is 1. The lowest BCUT2D eigenvalue weighted by atomic mass is 10.1. The van der Waals surface area contributed by atoms with Gasteiger partial charge >= 0.3 is 0 Å².